The van der Waals surface area contributed by atoms with Crippen LogP contribution in [0.1, 0.15) is 12.7 Å². The number of rotatable bonds is 10. The zero-order valence-electron chi connectivity index (χ0n) is 17.9. The third kappa shape index (κ3) is 9.88. The molecular formula is C22H32FIN4O3. The molecule has 0 aliphatic carbocycles. The Balaban J connectivity index is 0.00000341. The molecule has 7 nitrogen and oxygen atoms in total. The van der Waals surface area contributed by atoms with Gasteiger partial charge in [0.1, 0.15) is 23.4 Å². The Kier molecular flexibility index (Phi) is 11.7. The lowest BCUT2D eigenvalue weighted by atomic mass is 10.3. The van der Waals surface area contributed by atoms with E-state index in [1.807, 2.05) is 19.1 Å². The van der Waals surface area contributed by atoms with E-state index in [1.54, 1.807) is 18.4 Å². The molecule has 1 aliphatic rings. The van der Waals surface area contributed by atoms with Gasteiger partial charge in [0, 0.05) is 39.1 Å². The standard InChI is InChI=1S/C22H31FN4O3.HI/c1-18(30-21-6-4-19(23)5-7-21)17-26-22(24-9-8-20-3-2-14-29-20)25-10-11-27-12-15-28-16-13-27;/h2-7,14,18H,8-13,15-17H2,1H3,(H2,24,25,26);1H. The molecule has 1 aromatic carbocycles. The van der Waals surface area contributed by atoms with Gasteiger partial charge in [0.25, 0.3) is 0 Å². The van der Waals surface area contributed by atoms with E-state index in [0.717, 1.165) is 57.5 Å². The van der Waals surface area contributed by atoms with Crippen molar-refractivity contribution in [3.8, 4) is 5.75 Å². The first-order valence-corrected chi connectivity index (χ1v) is 10.5. The van der Waals surface area contributed by atoms with Gasteiger partial charge in [-0.15, -0.1) is 24.0 Å². The number of hydrogen-bond acceptors (Lipinski definition) is 5. The topological polar surface area (TPSA) is 71.3 Å². The molecule has 9 heteroatoms. The normalized spacial score (nSPS) is 15.7. The molecule has 2 heterocycles. The van der Waals surface area contributed by atoms with Gasteiger partial charge in [0.2, 0.25) is 0 Å². The van der Waals surface area contributed by atoms with Crippen molar-refractivity contribution in [2.24, 2.45) is 4.99 Å². The van der Waals surface area contributed by atoms with Crippen molar-refractivity contribution in [2.45, 2.75) is 19.4 Å². The van der Waals surface area contributed by atoms with Crippen LogP contribution in [-0.2, 0) is 11.2 Å². The zero-order valence-corrected chi connectivity index (χ0v) is 20.2. The lowest BCUT2D eigenvalue weighted by Gasteiger charge is -2.26. The van der Waals surface area contributed by atoms with Gasteiger partial charge in [-0.25, -0.2) is 9.38 Å². The number of halogens is 2. The minimum Gasteiger partial charge on any atom is -0.489 e. The first-order chi connectivity index (χ1) is 14.7. The maximum atomic E-state index is 13.0. The molecule has 2 aromatic rings. The van der Waals surface area contributed by atoms with Crippen molar-refractivity contribution >= 4 is 29.9 Å². The Hall–Kier alpha value is -1.85. The molecule has 0 radical (unpaired) electrons. The fourth-order valence-corrected chi connectivity index (χ4v) is 3.09. The Morgan fingerprint density at radius 3 is 2.61 bits per heavy atom. The summed E-state index contributed by atoms with van der Waals surface area (Å²) in [6.07, 6.45) is 2.32. The van der Waals surface area contributed by atoms with Crippen LogP contribution in [0.2, 0.25) is 0 Å². The van der Waals surface area contributed by atoms with Crippen LogP contribution in [0.25, 0.3) is 0 Å². The van der Waals surface area contributed by atoms with E-state index in [9.17, 15) is 4.39 Å². The van der Waals surface area contributed by atoms with E-state index in [0.29, 0.717) is 18.8 Å². The zero-order chi connectivity index (χ0) is 21.0. The Labute approximate surface area is 200 Å². The highest BCUT2D eigenvalue weighted by molar-refractivity contribution is 14.0. The molecule has 1 unspecified atom stereocenters. The number of ether oxygens (including phenoxy) is 2. The Bertz CT molecular complexity index is 753. The molecular weight excluding hydrogens is 514 g/mol. The van der Waals surface area contributed by atoms with Gasteiger partial charge in [-0.05, 0) is 43.3 Å². The number of nitrogens with one attached hydrogen (secondary N) is 2. The quantitative estimate of drug-likeness (QED) is 0.272. The average molecular weight is 546 g/mol. The van der Waals surface area contributed by atoms with Crippen LogP contribution in [0.5, 0.6) is 5.75 Å². The molecule has 1 fully saturated rings. The lowest BCUT2D eigenvalue weighted by Crippen LogP contribution is -2.45. The molecule has 1 aromatic heterocycles. The molecule has 1 saturated heterocycles. The molecule has 1 atom stereocenters. The Morgan fingerprint density at radius 2 is 1.90 bits per heavy atom. The molecule has 31 heavy (non-hydrogen) atoms. The summed E-state index contributed by atoms with van der Waals surface area (Å²) in [4.78, 5) is 7.03. The van der Waals surface area contributed by atoms with Crippen molar-refractivity contribution in [1.82, 2.24) is 15.5 Å². The van der Waals surface area contributed by atoms with Crippen molar-refractivity contribution in [2.75, 3.05) is 52.5 Å². The molecule has 0 saturated carbocycles. The minimum atomic E-state index is -0.277. The van der Waals surface area contributed by atoms with Crippen LogP contribution in [0.3, 0.4) is 0 Å². The maximum absolute atomic E-state index is 13.0. The smallest absolute Gasteiger partial charge is 0.191 e. The molecule has 0 amide bonds. The summed E-state index contributed by atoms with van der Waals surface area (Å²) in [6.45, 7) is 8.37. The molecule has 1 aliphatic heterocycles. The van der Waals surface area contributed by atoms with Crippen LogP contribution < -0.4 is 15.4 Å². The predicted octanol–water partition coefficient (Wildman–Crippen LogP) is 2.91. The number of benzene rings is 1. The SMILES string of the molecule is CC(CN=C(NCCc1ccco1)NCCN1CCOCC1)Oc1ccc(F)cc1.I. The average Bonchev–Trinajstić information content (AvgIpc) is 3.27. The second kappa shape index (κ2) is 14.3. The third-order valence-corrected chi connectivity index (χ3v) is 4.73. The summed E-state index contributed by atoms with van der Waals surface area (Å²) < 4.78 is 29.6. The van der Waals surface area contributed by atoms with Gasteiger partial charge in [0.15, 0.2) is 5.96 Å². The highest BCUT2D eigenvalue weighted by Crippen LogP contribution is 2.13. The van der Waals surface area contributed by atoms with Gasteiger partial charge in [0.05, 0.1) is 26.0 Å². The summed E-state index contributed by atoms with van der Waals surface area (Å²) in [5.41, 5.74) is 0. The van der Waals surface area contributed by atoms with Gasteiger partial charge < -0.3 is 24.5 Å². The summed E-state index contributed by atoms with van der Waals surface area (Å²) in [6, 6.07) is 9.87. The van der Waals surface area contributed by atoms with Crippen molar-refractivity contribution < 1.29 is 18.3 Å². The number of nitrogens with zero attached hydrogens (tertiary/aromatic N) is 2. The van der Waals surface area contributed by atoms with Crippen LogP contribution >= 0.6 is 24.0 Å². The molecule has 172 valence electrons. The van der Waals surface area contributed by atoms with Crippen molar-refractivity contribution in [1.29, 1.82) is 0 Å². The first-order valence-electron chi connectivity index (χ1n) is 10.5. The highest BCUT2D eigenvalue weighted by Gasteiger charge is 2.10. The number of guanidine groups is 1. The van der Waals surface area contributed by atoms with Crippen LogP contribution in [0.15, 0.2) is 52.1 Å². The fourth-order valence-electron chi connectivity index (χ4n) is 3.09. The number of hydrogen-bond donors (Lipinski definition) is 2. The largest absolute Gasteiger partial charge is 0.489 e. The molecule has 3 rings (SSSR count). The number of morpholine rings is 1. The van der Waals surface area contributed by atoms with E-state index in [2.05, 4.69) is 20.5 Å². The van der Waals surface area contributed by atoms with E-state index in [4.69, 9.17) is 13.9 Å². The summed E-state index contributed by atoms with van der Waals surface area (Å²) in [7, 11) is 0. The number of furan rings is 1. The molecule has 0 bridgehead atoms. The van der Waals surface area contributed by atoms with Gasteiger partial charge in [-0.1, -0.05) is 0 Å². The van der Waals surface area contributed by atoms with Gasteiger partial charge in [-0.3, -0.25) is 4.90 Å². The third-order valence-electron chi connectivity index (χ3n) is 4.73. The molecule has 0 spiro atoms. The maximum Gasteiger partial charge on any atom is 0.191 e. The second-order valence-electron chi connectivity index (χ2n) is 7.21. The van der Waals surface area contributed by atoms with Crippen molar-refractivity contribution in [3.05, 3.63) is 54.2 Å². The van der Waals surface area contributed by atoms with Gasteiger partial charge >= 0.3 is 0 Å². The summed E-state index contributed by atoms with van der Waals surface area (Å²) in [5.74, 6) is 2.03. The van der Waals surface area contributed by atoms with E-state index < -0.39 is 0 Å². The summed E-state index contributed by atoms with van der Waals surface area (Å²) >= 11 is 0. The van der Waals surface area contributed by atoms with Crippen molar-refractivity contribution in [3.63, 3.8) is 0 Å². The predicted molar refractivity (Wildman–Crippen MR) is 130 cm³/mol. The van der Waals surface area contributed by atoms with Gasteiger partial charge in [-0.2, -0.15) is 0 Å². The van der Waals surface area contributed by atoms with Crippen LogP contribution in [0.4, 0.5) is 4.39 Å². The monoisotopic (exact) mass is 546 g/mol. The first kappa shape index (κ1) is 25.4. The highest BCUT2D eigenvalue weighted by atomic mass is 127. The van der Waals surface area contributed by atoms with E-state index >= 15 is 0 Å². The second-order valence-corrected chi connectivity index (χ2v) is 7.21. The van der Waals surface area contributed by atoms with E-state index in [1.165, 1.54) is 12.1 Å². The van der Waals surface area contributed by atoms with E-state index in [-0.39, 0.29) is 35.9 Å². The summed E-state index contributed by atoms with van der Waals surface area (Å²) in [5, 5.41) is 6.75. The lowest BCUT2D eigenvalue weighted by molar-refractivity contribution is 0.0389. The molecule has 2 N–H and O–H groups in total. The van der Waals surface area contributed by atoms with Crippen LogP contribution in [-0.4, -0.2) is 69.4 Å². The Morgan fingerprint density at radius 1 is 1.16 bits per heavy atom. The minimum absolute atomic E-state index is 0. The van der Waals surface area contributed by atoms with Crippen LogP contribution in [0, 0.1) is 5.82 Å². The fraction of sp³-hybridized carbons (Fsp3) is 0.500. The number of aliphatic imine (C=N–C) groups is 1.